The Morgan fingerprint density at radius 2 is 1.96 bits per heavy atom. The highest BCUT2D eigenvalue weighted by Gasteiger charge is 2.17. The van der Waals surface area contributed by atoms with E-state index in [2.05, 4.69) is 15.2 Å². The Hall–Kier alpha value is -2.45. The molecule has 0 unspecified atom stereocenters. The van der Waals surface area contributed by atoms with Crippen LogP contribution in [0, 0.1) is 6.92 Å². The standard InChI is InChI=1S/C18H22N4O3S/c1-13-19-11-16(26-13)18(24)21(2)12-17(23)20-14-3-5-15(6-4-14)22-7-9-25-10-8-22/h3-6,11H,7-10,12H2,1-2H3,(H,20,23). The zero-order valence-electron chi connectivity index (χ0n) is 14.9. The third kappa shape index (κ3) is 4.59. The van der Waals surface area contributed by atoms with Gasteiger partial charge in [-0.05, 0) is 31.2 Å². The number of nitrogens with zero attached hydrogens (tertiary/aromatic N) is 3. The molecule has 1 aliphatic rings. The molecular weight excluding hydrogens is 352 g/mol. The molecule has 1 aromatic heterocycles. The number of thiazole rings is 1. The number of carbonyl (C=O) groups is 2. The fraction of sp³-hybridized carbons (Fsp3) is 0.389. The Morgan fingerprint density at radius 3 is 2.58 bits per heavy atom. The van der Waals surface area contributed by atoms with E-state index in [4.69, 9.17) is 4.74 Å². The third-order valence-electron chi connectivity index (χ3n) is 4.09. The molecule has 3 rings (SSSR count). The number of aryl methyl sites for hydroxylation is 1. The monoisotopic (exact) mass is 374 g/mol. The second-order valence-corrected chi connectivity index (χ2v) is 7.33. The van der Waals surface area contributed by atoms with E-state index in [0.717, 1.165) is 37.0 Å². The van der Waals surface area contributed by atoms with Crippen LogP contribution >= 0.6 is 11.3 Å². The summed E-state index contributed by atoms with van der Waals surface area (Å²) in [5.74, 6) is -0.436. The van der Waals surface area contributed by atoms with Crippen LogP contribution in [0.2, 0.25) is 0 Å². The lowest BCUT2D eigenvalue weighted by molar-refractivity contribution is -0.116. The van der Waals surface area contributed by atoms with Gasteiger partial charge in [-0.2, -0.15) is 0 Å². The van der Waals surface area contributed by atoms with Crippen molar-refractivity contribution in [2.75, 3.05) is 50.1 Å². The molecule has 0 aliphatic carbocycles. The molecule has 1 aromatic carbocycles. The van der Waals surface area contributed by atoms with Crippen LogP contribution in [0.1, 0.15) is 14.7 Å². The largest absolute Gasteiger partial charge is 0.378 e. The number of ether oxygens (including phenoxy) is 1. The molecule has 0 bridgehead atoms. The average Bonchev–Trinajstić information content (AvgIpc) is 3.08. The summed E-state index contributed by atoms with van der Waals surface area (Å²) in [5.41, 5.74) is 1.82. The van der Waals surface area contributed by atoms with Gasteiger partial charge in [-0.25, -0.2) is 4.98 Å². The lowest BCUT2D eigenvalue weighted by Gasteiger charge is -2.28. The highest BCUT2D eigenvalue weighted by Crippen LogP contribution is 2.19. The number of hydrogen-bond donors (Lipinski definition) is 1. The molecule has 138 valence electrons. The summed E-state index contributed by atoms with van der Waals surface area (Å²) in [7, 11) is 1.61. The third-order valence-corrected chi connectivity index (χ3v) is 4.99. The number of hydrogen-bond acceptors (Lipinski definition) is 6. The fourth-order valence-corrected chi connectivity index (χ4v) is 3.49. The van der Waals surface area contributed by atoms with Gasteiger partial charge in [-0.3, -0.25) is 9.59 Å². The number of morpholine rings is 1. The maximum absolute atomic E-state index is 12.3. The van der Waals surface area contributed by atoms with E-state index in [1.807, 2.05) is 31.2 Å². The second-order valence-electron chi connectivity index (χ2n) is 6.10. The predicted molar refractivity (Wildman–Crippen MR) is 102 cm³/mol. The molecule has 0 saturated carbocycles. The van der Waals surface area contributed by atoms with Crippen LogP contribution < -0.4 is 10.2 Å². The van der Waals surface area contributed by atoms with Crippen molar-refractivity contribution in [3.05, 3.63) is 40.3 Å². The van der Waals surface area contributed by atoms with E-state index in [1.54, 1.807) is 13.2 Å². The number of nitrogens with one attached hydrogen (secondary N) is 1. The van der Waals surface area contributed by atoms with Crippen molar-refractivity contribution in [3.63, 3.8) is 0 Å². The van der Waals surface area contributed by atoms with Gasteiger partial charge in [0.1, 0.15) is 4.88 Å². The topological polar surface area (TPSA) is 74.8 Å². The van der Waals surface area contributed by atoms with E-state index in [-0.39, 0.29) is 18.4 Å². The van der Waals surface area contributed by atoms with Crippen molar-refractivity contribution in [2.45, 2.75) is 6.92 Å². The molecule has 0 atom stereocenters. The Kier molecular flexibility index (Phi) is 5.85. The molecular formula is C18H22N4O3S. The molecule has 2 aromatic rings. The molecule has 1 saturated heterocycles. The first-order valence-corrected chi connectivity index (χ1v) is 9.25. The average molecular weight is 374 g/mol. The Bertz CT molecular complexity index is 769. The molecule has 1 fully saturated rings. The minimum atomic E-state index is -0.235. The van der Waals surface area contributed by atoms with Gasteiger partial charge in [0, 0.05) is 31.5 Å². The fourth-order valence-electron chi connectivity index (χ4n) is 2.71. The van der Waals surface area contributed by atoms with Gasteiger partial charge in [0.15, 0.2) is 0 Å². The van der Waals surface area contributed by atoms with Crippen LogP contribution in [0.15, 0.2) is 30.5 Å². The molecule has 1 N–H and O–H groups in total. The molecule has 8 heteroatoms. The van der Waals surface area contributed by atoms with E-state index in [9.17, 15) is 9.59 Å². The lowest BCUT2D eigenvalue weighted by atomic mass is 10.2. The number of rotatable bonds is 5. The molecule has 0 spiro atoms. The first-order valence-electron chi connectivity index (χ1n) is 8.43. The maximum Gasteiger partial charge on any atom is 0.265 e. The highest BCUT2D eigenvalue weighted by molar-refractivity contribution is 7.13. The lowest BCUT2D eigenvalue weighted by Crippen LogP contribution is -2.36. The summed E-state index contributed by atoms with van der Waals surface area (Å²) in [6, 6.07) is 7.71. The number of aromatic nitrogens is 1. The van der Waals surface area contributed by atoms with E-state index in [0.29, 0.717) is 10.6 Å². The maximum atomic E-state index is 12.3. The van der Waals surface area contributed by atoms with Crippen molar-refractivity contribution in [2.24, 2.45) is 0 Å². The normalized spacial score (nSPS) is 14.2. The molecule has 26 heavy (non-hydrogen) atoms. The number of carbonyl (C=O) groups excluding carboxylic acids is 2. The van der Waals surface area contributed by atoms with Gasteiger partial charge < -0.3 is 19.9 Å². The van der Waals surface area contributed by atoms with Gasteiger partial charge in [0.2, 0.25) is 5.91 Å². The summed E-state index contributed by atoms with van der Waals surface area (Å²) < 4.78 is 5.35. The quantitative estimate of drug-likeness (QED) is 0.866. The van der Waals surface area contributed by atoms with Crippen molar-refractivity contribution >= 4 is 34.5 Å². The van der Waals surface area contributed by atoms with Crippen molar-refractivity contribution < 1.29 is 14.3 Å². The minimum absolute atomic E-state index is 0.0129. The summed E-state index contributed by atoms with van der Waals surface area (Å²) in [5, 5.41) is 3.65. The first kappa shape index (κ1) is 18.3. The van der Waals surface area contributed by atoms with Gasteiger partial charge in [0.05, 0.1) is 31.0 Å². The van der Waals surface area contributed by atoms with Gasteiger partial charge in [-0.15, -0.1) is 11.3 Å². The Morgan fingerprint density at radius 1 is 1.27 bits per heavy atom. The molecule has 2 amide bonds. The van der Waals surface area contributed by atoms with E-state index in [1.165, 1.54) is 16.2 Å². The Labute approximate surface area is 156 Å². The van der Waals surface area contributed by atoms with Crippen molar-refractivity contribution in [1.29, 1.82) is 0 Å². The summed E-state index contributed by atoms with van der Waals surface area (Å²) in [6.45, 7) is 5.04. The van der Waals surface area contributed by atoms with E-state index >= 15 is 0 Å². The van der Waals surface area contributed by atoms with E-state index < -0.39 is 0 Å². The van der Waals surface area contributed by atoms with Gasteiger partial charge >= 0.3 is 0 Å². The zero-order chi connectivity index (χ0) is 18.5. The summed E-state index contributed by atoms with van der Waals surface area (Å²) in [6.07, 6.45) is 1.54. The van der Waals surface area contributed by atoms with Gasteiger partial charge in [-0.1, -0.05) is 0 Å². The van der Waals surface area contributed by atoms with Crippen LogP contribution in [-0.2, 0) is 9.53 Å². The van der Waals surface area contributed by atoms with Crippen LogP contribution in [0.5, 0.6) is 0 Å². The first-order chi connectivity index (χ1) is 12.5. The summed E-state index contributed by atoms with van der Waals surface area (Å²) >= 11 is 1.32. The number of benzene rings is 1. The second kappa shape index (κ2) is 8.29. The van der Waals surface area contributed by atoms with Crippen LogP contribution in [0.3, 0.4) is 0 Å². The molecule has 0 radical (unpaired) electrons. The minimum Gasteiger partial charge on any atom is -0.378 e. The summed E-state index contributed by atoms with van der Waals surface area (Å²) in [4.78, 5) is 32.7. The number of likely N-dealkylation sites (N-methyl/N-ethyl adjacent to an activating group) is 1. The number of amides is 2. The van der Waals surface area contributed by atoms with Crippen LogP contribution in [0.4, 0.5) is 11.4 Å². The molecule has 2 heterocycles. The highest BCUT2D eigenvalue weighted by atomic mass is 32.1. The SMILES string of the molecule is Cc1ncc(C(=O)N(C)CC(=O)Nc2ccc(N3CCOCC3)cc2)s1. The molecule has 1 aliphatic heterocycles. The number of anilines is 2. The predicted octanol–water partition coefficient (Wildman–Crippen LogP) is 2.00. The smallest absolute Gasteiger partial charge is 0.265 e. The van der Waals surface area contributed by atoms with Crippen molar-refractivity contribution in [1.82, 2.24) is 9.88 Å². The van der Waals surface area contributed by atoms with Crippen LogP contribution in [-0.4, -0.2) is 61.6 Å². The van der Waals surface area contributed by atoms with Crippen molar-refractivity contribution in [3.8, 4) is 0 Å². The molecule has 7 nitrogen and oxygen atoms in total. The zero-order valence-corrected chi connectivity index (χ0v) is 15.7. The van der Waals surface area contributed by atoms with Crippen LogP contribution in [0.25, 0.3) is 0 Å². The van der Waals surface area contributed by atoms with Gasteiger partial charge in [0.25, 0.3) is 5.91 Å². The Balaban J connectivity index is 1.53.